The van der Waals surface area contributed by atoms with Gasteiger partial charge in [-0.1, -0.05) is 36.1 Å². The van der Waals surface area contributed by atoms with Crippen molar-refractivity contribution in [1.82, 2.24) is 10.7 Å². The van der Waals surface area contributed by atoms with E-state index in [9.17, 15) is 0 Å². The molecular formula is C24H27N3O. The second-order valence-electron chi connectivity index (χ2n) is 7.57. The molecule has 4 N–H and O–H groups in total. The molecule has 0 aromatic heterocycles. The number of hydrazine groups is 1. The van der Waals surface area contributed by atoms with Crippen LogP contribution in [-0.2, 0) is 6.42 Å². The fourth-order valence-electron chi connectivity index (χ4n) is 3.47. The number of aryl methyl sites for hydroxylation is 2. The molecule has 0 amide bonds. The van der Waals surface area contributed by atoms with E-state index in [1.54, 1.807) is 0 Å². The summed E-state index contributed by atoms with van der Waals surface area (Å²) in [5.74, 6) is 14.0. The zero-order chi connectivity index (χ0) is 19.3. The fourth-order valence-corrected chi connectivity index (χ4v) is 3.47. The van der Waals surface area contributed by atoms with Gasteiger partial charge in [0.25, 0.3) is 0 Å². The maximum atomic E-state index is 6.09. The number of fused-ring (bicyclic) bond motifs is 1. The summed E-state index contributed by atoms with van der Waals surface area (Å²) in [6.07, 6.45) is 6.65. The Bertz CT molecular complexity index is 934. The van der Waals surface area contributed by atoms with Crippen molar-refractivity contribution >= 4 is 5.70 Å². The van der Waals surface area contributed by atoms with Crippen molar-refractivity contribution in [3.63, 3.8) is 0 Å². The third-order valence-corrected chi connectivity index (χ3v) is 5.26. The highest BCUT2D eigenvalue weighted by Gasteiger charge is 2.19. The Morgan fingerprint density at radius 3 is 2.86 bits per heavy atom. The minimum absolute atomic E-state index is 0.159. The monoisotopic (exact) mass is 373 g/mol. The molecule has 144 valence electrons. The van der Waals surface area contributed by atoms with Crippen LogP contribution in [0.2, 0.25) is 0 Å². The van der Waals surface area contributed by atoms with Gasteiger partial charge >= 0.3 is 0 Å². The first-order valence-corrected chi connectivity index (χ1v) is 10.0. The number of nitrogens with two attached hydrogens (primary N) is 1. The molecule has 1 atom stereocenters. The van der Waals surface area contributed by atoms with E-state index < -0.39 is 0 Å². The largest absolute Gasteiger partial charge is 0.488 e. The predicted molar refractivity (Wildman–Crippen MR) is 113 cm³/mol. The van der Waals surface area contributed by atoms with E-state index >= 15 is 0 Å². The summed E-state index contributed by atoms with van der Waals surface area (Å²) in [5, 5.41) is 3.37. The van der Waals surface area contributed by atoms with Crippen molar-refractivity contribution < 1.29 is 4.74 Å². The van der Waals surface area contributed by atoms with E-state index in [4.69, 9.17) is 10.6 Å². The Hall–Kier alpha value is -2.90. The van der Waals surface area contributed by atoms with Crippen LogP contribution in [0.25, 0.3) is 5.70 Å². The summed E-state index contributed by atoms with van der Waals surface area (Å²) >= 11 is 0. The molecule has 1 heterocycles. The van der Waals surface area contributed by atoms with Gasteiger partial charge in [-0.25, -0.2) is 0 Å². The lowest BCUT2D eigenvalue weighted by molar-refractivity contribution is 0.175. The van der Waals surface area contributed by atoms with E-state index in [0.717, 1.165) is 47.5 Å². The van der Waals surface area contributed by atoms with E-state index in [2.05, 4.69) is 59.8 Å². The maximum Gasteiger partial charge on any atom is 0.123 e. The number of hydrogen-bond donors (Lipinski definition) is 3. The molecule has 2 aromatic rings. The molecule has 2 aliphatic rings. The van der Waals surface area contributed by atoms with Gasteiger partial charge in [0.05, 0.1) is 12.2 Å². The van der Waals surface area contributed by atoms with Crippen molar-refractivity contribution in [3.8, 4) is 17.6 Å². The molecule has 2 aromatic carbocycles. The molecule has 0 spiro atoms. The lowest BCUT2D eigenvalue weighted by Crippen LogP contribution is -2.33. The van der Waals surface area contributed by atoms with Gasteiger partial charge in [-0.15, -0.1) is 0 Å². The van der Waals surface area contributed by atoms with Crippen LogP contribution in [0.1, 0.15) is 41.5 Å². The summed E-state index contributed by atoms with van der Waals surface area (Å²) in [5.41, 5.74) is 8.24. The zero-order valence-electron chi connectivity index (χ0n) is 16.3. The second-order valence-corrected chi connectivity index (χ2v) is 7.57. The minimum Gasteiger partial charge on any atom is -0.488 e. The van der Waals surface area contributed by atoms with Gasteiger partial charge in [0.1, 0.15) is 11.9 Å². The van der Waals surface area contributed by atoms with E-state index in [-0.39, 0.29) is 6.10 Å². The first-order valence-electron chi connectivity index (χ1n) is 10.0. The third kappa shape index (κ3) is 4.49. The summed E-state index contributed by atoms with van der Waals surface area (Å²) < 4.78 is 6.09. The molecule has 1 aliphatic carbocycles. The standard InChI is InChI=1S/C24H27N3O/c1-17-14-19(9-8-18-6-7-18)10-13-22(17)23(27-25)16-26-15-21-12-11-20-4-2-3-5-24(20)28-21/h2-5,10,13-14,16,18,21,26-27H,6-7,11-12,15,25H2,1H3/b23-16-. The Kier molecular flexibility index (Phi) is 5.55. The second kappa shape index (κ2) is 8.41. The highest BCUT2D eigenvalue weighted by atomic mass is 16.5. The van der Waals surface area contributed by atoms with Gasteiger partial charge in [-0.05, 0) is 61.9 Å². The van der Waals surface area contributed by atoms with Crippen LogP contribution < -0.4 is 21.3 Å². The van der Waals surface area contributed by atoms with Crippen molar-refractivity contribution in [1.29, 1.82) is 0 Å². The van der Waals surface area contributed by atoms with Gasteiger partial charge in [-0.3, -0.25) is 5.84 Å². The summed E-state index contributed by atoms with van der Waals surface area (Å²) in [7, 11) is 0. The molecule has 0 bridgehead atoms. The molecule has 0 radical (unpaired) electrons. The van der Waals surface area contributed by atoms with E-state index in [1.807, 2.05) is 18.3 Å². The lowest BCUT2D eigenvalue weighted by atomic mass is 10.0. The molecular weight excluding hydrogens is 346 g/mol. The average Bonchev–Trinajstić information content (AvgIpc) is 3.55. The smallest absolute Gasteiger partial charge is 0.123 e. The summed E-state index contributed by atoms with van der Waals surface area (Å²) in [4.78, 5) is 0. The van der Waals surface area contributed by atoms with Crippen LogP contribution >= 0.6 is 0 Å². The Labute approximate surface area is 167 Å². The van der Waals surface area contributed by atoms with Gasteiger partial charge in [0.15, 0.2) is 0 Å². The average molecular weight is 374 g/mol. The molecule has 4 rings (SSSR count). The number of ether oxygens (including phenoxy) is 1. The number of hydrogen-bond acceptors (Lipinski definition) is 4. The summed E-state index contributed by atoms with van der Waals surface area (Å²) in [6, 6.07) is 14.5. The first-order chi connectivity index (χ1) is 13.7. The van der Waals surface area contributed by atoms with Gasteiger partial charge in [-0.2, -0.15) is 0 Å². The van der Waals surface area contributed by atoms with Crippen LogP contribution in [0.5, 0.6) is 5.75 Å². The Balaban J connectivity index is 1.38. The van der Waals surface area contributed by atoms with Crippen LogP contribution in [0.15, 0.2) is 48.7 Å². The Morgan fingerprint density at radius 1 is 1.21 bits per heavy atom. The number of para-hydroxylation sites is 1. The number of nitrogens with one attached hydrogen (secondary N) is 2. The molecule has 4 nitrogen and oxygen atoms in total. The van der Waals surface area contributed by atoms with E-state index in [1.165, 1.54) is 18.4 Å². The first kappa shape index (κ1) is 18.5. The van der Waals surface area contributed by atoms with Crippen molar-refractivity contribution in [2.24, 2.45) is 11.8 Å². The van der Waals surface area contributed by atoms with Crippen LogP contribution in [0.3, 0.4) is 0 Å². The van der Waals surface area contributed by atoms with Crippen molar-refractivity contribution in [3.05, 3.63) is 70.9 Å². The van der Waals surface area contributed by atoms with Crippen LogP contribution in [-0.4, -0.2) is 12.6 Å². The maximum absolute atomic E-state index is 6.09. The molecule has 0 saturated heterocycles. The SMILES string of the molecule is Cc1cc(C#CC2CC2)ccc1/C(=C/NCC1CCc2ccccc2O1)NN. The van der Waals surface area contributed by atoms with Crippen molar-refractivity contribution in [2.75, 3.05) is 6.54 Å². The van der Waals surface area contributed by atoms with Crippen molar-refractivity contribution in [2.45, 2.75) is 38.7 Å². The van der Waals surface area contributed by atoms with Crippen LogP contribution in [0.4, 0.5) is 0 Å². The Morgan fingerprint density at radius 2 is 2.07 bits per heavy atom. The van der Waals surface area contributed by atoms with Gasteiger partial charge in [0.2, 0.25) is 0 Å². The third-order valence-electron chi connectivity index (χ3n) is 5.26. The molecule has 4 heteroatoms. The van der Waals surface area contributed by atoms with Gasteiger partial charge in [0, 0.05) is 23.2 Å². The summed E-state index contributed by atoms with van der Waals surface area (Å²) in [6.45, 7) is 2.83. The molecule has 1 fully saturated rings. The minimum atomic E-state index is 0.159. The molecule has 1 saturated carbocycles. The zero-order valence-corrected chi connectivity index (χ0v) is 16.3. The highest BCUT2D eigenvalue weighted by Crippen LogP contribution is 2.28. The highest BCUT2D eigenvalue weighted by molar-refractivity contribution is 5.67. The quantitative estimate of drug-likeness (QED) is 0.426. The molecule has 28 heavy (non-hydrogen) atoms. The lowest BCUT2D eigenvalue weighted by Gasteiger charge is -2.26. The topological polar surface area (TPSA) is 59.3 Å². The van der Waals surface area contributed by atoms with E-state index in [0.29, 0.717) is 5.92 Å². The normalized spacial score (nSPS) is 18.4. The molecule has 1 aliphatic heterocycles. The predicted octanol–water partition coefficient (Wildman–Crippen LogP) is 3.50. The fraction of sp³-hybridized carbons (Fsp3) is 0.333. The van der Waals surface area contributed by atoms with Gasteiger partial charge < -0.3 is 15.5 Å². The number of benzene rings is 2. The molecule has 1 unspecified atom stereocenters. The van der Waals surface area contributed by atoms with Crippen LogP contribution in [0, 0.1) is 24.7 Å². The number of rotatable bonds is 5.